The summed E-state index contributed by atoms with van der Waals surface area (Å²) in [6.07, 6.45) is 103. The molecule has 0 bridgehead atoms. The summed E-state index contributed by atoms with van der Waals surface area (Å²) in [5, 5.41) is 0. The van der Waals surface area contributed by atoms with Gasteiger partial charge in [0.25, 0.3) is 0 Å². The smallest absolute Gasteiger partial charge is 0.306 e. The zero-order chi connectivity index (χ0) is 59.9. The van der Waals surface area contributed by atoms with Gasteiger partial charge in [0, 0.05) is 19.3 Å². The number of rotatable bonds is 58. The van der Waals surface area contributed by atoms with Gasteiger partial charge >= 0.3 is 17.9 Å². The van der Waals surface area contributed by atoms with E-state index in [1.165, 1.54) is 44.9 Å². The molecule has 6 heteroatoms. The highest BCUT2D eigenvalue weighted by molar-refractivity contribution is 5.71. The van der Waals surface area contributed by atoms with Crippen molar-refractivity contribution < 1.29 is 28.6 Å². The molecule has 0 rings (SSSR count). The van der Waals surface area contributed by atoms with Crippen LogP contribution in [0.25, 0.3) is 0 Å². The summed E-state index contributed by atoms with van der Waals surface area (Å²) in [5.41, 5.74) is 0. The minimum Gasteiger partial charge on any atom is -0.462 e. The normalized spacial score (nSPS) is 13.3. The third kappa shape index (κ3) is 67.2. The van der Waals surface area contributed by atoms with Crippen LogP contribution in [0.2, 0.25) is 0 Å². The Balaban J connectivity index is 4.30. The Morgan fingerprint density at radius 2 is 0.434 bits per heavy atom. The van der Waals surface area contributed by atoms with Gasteiger partial charge in [0.2, 0.25) is 0 Å². The van der Waals surface area contributed by atoms with E-state index in [9.17, 15) is 14.4 Å². The Labute approximate surface area is 510 Å². The Bertz CT molecular complexity index is 1940. The zero-order valence-electron chi connectivity index (χ0n) is 53.1. The van der Waals surface area contributed by atoms with E-state index in [-0.39, 0.29) is 37.5 Å². The first-order valence-electron chi connectivity index (χ1n) is 33.3. The third-order valence-corrected chi connectivity index (χ3v) is 13.4. The van der Waals surface area contributed by atoms with Crippen LogP contribution in [0.1, 0.15) is 265 Å². The first-order chi connectivity index (χ1) is 41.0. The SMILES string of the molecule is CC/C=C\C/C=C\C/C=C\C/C=C\C/C=C\C/C=C\C/C=C\C/C=C\CCCCCCCCCCCCC(=O)OCC(COC(=O)CCCCC/C=C\C/C=C\C/C=C\CC)OC(=O)CCCCCC/C=C\C/C=C\C/C=C\C/C=C\CC. The van der Waals surface area contributed by atoms with Crippen molar-refractivity contribution in [3.05, 3.63) is 182 Å². The van der Waals surface area contributed by atoms with Crippen LogP contribution in [0.3, 0.4) is 0 Å². The van der Waals surface area contributed by atoms with Crippen LogP contribution < -0.4 is 0 Å². The average Bonchev–Trinajstić information content (AvgIpc) is 3.49. The van der Waals surface area contributed by atoms with Crippen LogP contribution in [0.5, 0.6) is 0 Å². The number of allylic oxidation sites excluding steroid dienone is 30. The second kappa shape index (κ2) is 69.0. The molecule has 0 radical (unpaired) electrons. The summed E-state index contributed by atoms with van der Waals surface area (Å²) < 4.78 is 16.9. The summed E-state index contributed by atoms with van der Waals surface area (Å²) in [4.78, 5) is 38.3. The predicted octanol–water partition coefficient (Wildman–Crippen LogP) is 23.2. The third-order valence-electron chi connectivity index (χ3n) is 13.4. The van der Waals surface area contributed by atoms with Crippen molar-refractivity contribution in [3.63, 3.8) is 0 Å². The van der Waals surface area contributed by atoms with Crippen molar-refractivity contribution in [3.8, 4) is 0 Å². The highest BCUT2D eigenvalue weighted by Gasteiger charge is 2.19. The molecule has 0 saturated carbocycles. The van der Waals surface area contributed by atoms with Gasteiger partial charge in [-0.3, -0.25) is 14.4 Å². The maximum Gasteiger partial charge on any atom is 0.306 e. The molecule has 6 nitrogen and oxygen atoms in total. The van der Waals surface area contributed by atoms with E-state index in [2.05, 4.69) is 203 Å². The van der Waals surface area contributed by atoms with Gasteiger partial charge in [0.1, 0.15) is 13.2 Å². The lowest BCUT2D eigenvalue weighted by molar-refractivity contribution is -0.167. The molecule has 1 atom stereocenters. The molecule has 0 aromatic rings. The largest absolute Gasteiger partial charge is 0.462 e. The molecular weight excluding hydrogens is 1020 g/mol. The molecule has 1 unspecified atom stereocenters. The van der Waals surface area contributed by atoms with Crippen LogP contribution in [-0.2, 0) is 28.6 Å². The molecule has 83 heavy (non-hydrogen) atoms. The molecule has 464 valence electrons. The van der Waals surface area contributed by atoms with E-state index in [0.717, 1.165) is 180 Å². The number of hydrogen-bond donors (Lipinski definition) is 0. The van der Waals surface area contributed by atoms with Gasteiger partial charge in [-0.05, 0) is 154 Å². The first-order valence-corrected chi connectivity index (χ1v) is 33.3. The maximum absolute atomic E-state index is 12.9. The molecule has 0 aliphatic rings. The average molecular weight is 1140 g/mol. The number of carbonyl (C=O) groups excluding carboxylic acids is 3. The molecule has 0 fully saturated rings. The van der Waals surface area contributed by atoms with E-state index < -0.39 is 6.10 Å². The van der Waals surface area contributed by atoms with E-state index in [4.69, 9.17) is 14.2 Å². The van der Waals surface area contributed by atoms with Gasteiger partial charge in [-0.1, -0.05) is 274 Å². The molecule has 0 aromatic heterocycles. The Morgan fingerprint density at radius 1 is 0.241 bits per heavy atom. The van der Waals surface area contributed by atoms with Gasteiger partial charge in [-0.25, -0.2) is 0 Å². The molecule has 0 saturated heterocycles. The first kappa shape index (κ1) is 77.5. The molecule has 0 aromatic carbocycles. The standard InChI is InChI=1S/C77H120O6/c1-4-7-10-13-16-19-22-25-27-29-30-31-32-33-34-35-36-37-38-39-40-41-42-43-44-45-46-48-49-52-55-58-61-64-67-70-76(79)82-73-74(72-81-75(78)69-66-63-60-57-54-51-24-21-18-15-12-9-6-3)83-77(80)71-68-65-62-59-56-53-50-47-28-26-23-20-17-14-11-8-5-2/h7-12,16-21,25-28,30-31,33-34,36-37,39-40,42-43,50-51,53-54,74H,4-6,13-15,22-24,29,32,35,38,41,44-49,52,55-73H2,1-3H3/b10-7-,11-8-,12-9-,19-16-,20-17-,21-18-,27-25-,28-26-,31-30-,34-33-,37-36-,40-39-,43-42-,53-50-,54-51-. The Kier molecular flexibility index (Phi) is 64.4. The molecule has 0 heterocycles. The van der Waals surface area contributed by atoms with Crippen molar-refractivity contribution in [1.82, 2.24) is 0 Å². The lowest BCUT2D eigenvalue weighted by Gasteiger charge is -2.18. The number of carbonyl (C=O) groups is 3. The van der Waals surface area contributed by atoms with Gasteiger partial charge in [-0.15, -0.1) is 0 Å². The summed E-state index contributed by atoms with van der Waals surface area (Å²) in [7, 11) is 0. The quantitative estimate of drug-likeness (QED) is 0.0261. The van der Waals surface area contributed by atoms with Crippen molar-refractivity contribution in [2.24, 2.45) is 0 Å². The summed E-state index contributed by atoms with van der Waals surface area (Å²) >= 11 is 0. The summed E-state index contributed by atoms with van der Waals surface area (Å²) in [6.45, 7) is 6.24. The van der Waals surface area contributed by atoms with Gasteiger partial charge < -0.3 is 14.2 Å². The Hall–Kier alpha value is -5.49. The monoisotopic (exact) mass is 1140 g/mol. The topological polar surface area (TPSA) is 78.9 Å². The number of unbranched alkanes of at least 4 members (excludes halogenated alkanes) is 17. The van der Waals surface area contributed by atoms with Crippen molar-refractivity contribution >= 4 is 17.9 Å². The van der Waals surface area contributed by atoms with Gasteiger partial charge in [0.15, 0.2) is 6.10 Å². The van der Waals surface area contributed by atoms with E-state index >= 15 is 0 Å². The van der Waals surface area contributed by atoms with Crippen LogP contribution in [0.15, 0.2) is 182 Å². The highest BCUT2D eigenvalue weighted by atomic mass is 16.6. The zero-order valence-corrected chi connectivity index (χ0v) is 53.1. The summed E-state index contributed by atoms with van der Waals surface area (Å²) in [6, 6.07) is 0. The second-order valence-corrected chi connectivity index (χ2v) is 21.2. The number of hydrogen-bond acceptors (Lipinski definition) is 6. The van der Waals surface area contributed by atoms with Crippen LogP contribution in [-0.4, -0.2) is 37.2 Å². The highest BCUT2D eigenvalue weighted by Crippen LogP contribution is 2.14. The maximum atomic E-state index is 12.9. The predicted molar refractivity (Wildman–Crippen MR) is 361 cm³/mol. The molecule has 0 amide bonds. The fourth-order valence-corrected chi connectivity index (χ4v) is 8.52. The van der Waals surface area contributed by atoms with Crippen LogP contribution in [0.4, 0.5) is 0 Å². The van der Waals surface area contributed by atoms with E-state index in [0.29, 0.717) is 12.8 Å². The van der Waals surface area contributed by atoms with Gasteiger partial charge in [-0.2, -0.15) is 0 Å². The second-order valence-electron chi connectivity index (χ2n) is 21.2. The fraction of sp³-hybridized carbons (Fsp3) is 0.571. The van der Waals surface area contributed by atoms with Gasteiger partial charge in [0.05, 0.1) is 0 Å². The lowest BCUT2D eigenvalue weighted by atomic mass is 10.1. The van der Waals surface area contributed by atoms with Crippen molar-refractivity contribution in [1.29, 1.82) is 0 Å². The number of esters is 3. The molecule has 0 aliphatic carbocycles. The number of ether oxygens (including phenoxy) is 3. The lowest BCUT2D eigenvalue weighted by Crippen LogP contribution is -2.30. The molecule has 0 aliphatic heterocycles. The van der Waals surface area contributed by atoms with E-state index in [1.54, 1.807) is 0 Å². The van der Waals surface area contributed by atoms with Crippen LogP contribution in [0, 0.1) is 0 Å². The fourth-order valence-electron chi connectivity index (χ4n) is 8.52. The van der Waals surface area contributed by atoms with Crippen molar-refractivity contribution in [2.75, 3.05) is 13.2 Å². The van der Waals surface area contributed by atoms with E-state index in [1.807, 2.05) is 0 Å². The molecular formula is C77H120O6. The van der Waals surface area contributed by atoms with Crippen molar-refractivity contribution in [2.45, 2.75) is 271 Å². The Morgan fingerprint density at radius 3 is 0.687 bits per heavy atom. The summed E-state index contributed by atoms with van der Waals surface area (Å²) in [5.74, 6) is -0.971. The van der Waals surface area contributed by atoms with Crippen LogP contribution >= 0.6 is 0 Å². The molecule has 0 spiro atoms. The molecule has 0 N–H and O–H groups in total. The minimum absolute atomic E-state index is 0.108. The minimum atomic E-state index is -0.815.